The van der Waals surface area contributed by atoms with E-state index < -0.39 is 21.7 Å². The van der Waals surface area contributed by atoms with E-state index in [1.54, 1.807) is 31.2 Å². The number of nitrogens with zero attached hydrogens (tertiary/aromatic N) is 4. The molecule has 160 valence electrons. The molecule has 10 heteroatoms. The van der Waals surface area contributed by atoms with Gasteiger partial charge in [0, 0.05) is 12.3 Å². The van der Waals surface area contributed by atoms with Gasteiger partial charge in [0.15, 0.2) is 5.65 Å². The van der Waals surface area contributed by atoms with Crippen LogP contribution in [-0.2, 0) is 16.6 Å². The Balaban J connectivity index is 1.85. The Hall–Kier alpha value is -3.53. The van der Waals surface area contributed by atoms with E-state index in [2.05, 4.69) is 10.2 Å². The van der Waals surface area contributed by atoms with E-state index >= 15 is 0 Å². The van der Waals surface area contributed by atoms with Crippen molar-refractivity contribution in [2.75, 3.05) is 11.4 Å². The number of ether oxygens (including phenoxy) is 1. The third-order valence-corrected chi connectivity index (χ3v) is 6.49. The molecule has 4 aromatic rings. The molecule has 4 rings (SSSR count). The normalized spacial score (nSPS) is 11.6. The molecular formula is C21H18F2N4O3S. The first kappa shape index (κ1) is 20.7. The largest absolute Gasteiger partial charge is 0.497 e. The average Bonchev–Trinajstić information content (AvgIpc) is 3.11. The summed E-state index contributed by atoms with van der Waals surface area (Å²) in [5.41, 5.74) is 0.919. The van der Waals surface area contributed by atoms with Crippen LogP contribution in [0.5, 0.6) is 5.75 Å². The second-order valence-corrected chi connectivity index (χ2v) is 8.69. The average molecular weight is 444 g/mol. The van der Waals surface area contributed by atoms with Gasteiger partial charge in [-0.1, -0.05) is 12.1 Å². The zero-order valence-electron chi connectivity index (χ0n) is 16.7. The molecule has 0 aliphatic rings. The van der Waals surface area contributed by atoms with Gasteiger partial charge in [-0.25, -0.2) is 17.2 Å². The highest BCUT2D eigenvalue weighted by molar-refractivity contribution is 7.92. The molecule has 2 aromatic carbocycles. The summed E-state index contributed by atoms with van der Waals surface area (Å²) < 4.78 is 62.8. The van der Waals surface area contributed by atoms with Crippen molar-refractivity contribution in [1.29, 1.82) is 0 Å². The van der Waals surface area contributed by atoms with Gasteiger partial charge in [-0.3, -0.25) is 8.71 Å². The first-order valence-corrected chi connectivity index (χ1v) is 10.6. The smallest absolute Gasteiger partial charge is 0.266 e. The van der Waals surface area contributed by atoms with Crippen molar-refractivity contribution in [3.8, 4) is 5.75 Å². The molecule has 0 N–H and O–H groups in total. The number of aryl methyl sites for hydroxylation is 1. The number of pyridine rings is 1. The zero-order chi connectivity index (χ0) is 22.2. The van der Waals surface area contributed by atoms with Crippen molar-refractivity contribution in [1.82, 2.24) is 14.6 Å². The molecule has 0 spiro atoms. The minimum absolute atomic E-state index is 0.0736. The van der Waals surface area contributed by atoms with E-state index in [0.29, 0.717) is 28.9 Å². The van der Waals surface area contributed by atoms with Crippen LogP contribution in [0.2, 0.25) is 0 Å². The minimum Gasteiger partial charge on any atom is -0.497 e. The summed E-state index contributed by atoms with van der Waals surface area (Å²) in [4.78, 5) is -0.0736. The maximum Gasteiger partial charge on any atom is 0.266 e. The van der Waals surface area contributed by atoms with Crippen molar-refractivity contribution in [2.24, 2.45) is 0 Å². The molecule has 0 radical (unpaired) electrons. The van der Waals surface area contributed by atoms with E-state index in [4.69, 9.17) is 4.74 Å². The second kappa shape index (κ2) is 7.95. The molecule has 0 fully saturated rings. The highest BCUT2D eigenvalue weighted by Crippen LogP contribution is 2.28. The zero-order valence-corrected chi connectivity index (χ0v) is 17.5. The fourth-order valence-electron chi connectivity index (χ4n) is 3.20. The third-order valence-electron chi connectivity index (χ3n) is 4.73. The van der Waals surface area contributed by atoms with E-state index in [1.807, 2.05) is 0 Å². The molecule has 0 saturated heterocycles. The number of benzene rings is 2. The Morgan fingerprint density at radius 1 is 1.03 bits per heavy atom. The summed E-state index contributed by atoms with van der Waals surface area (Å²) in [6, 6.07) is 12.3. The van der Waals surface area contributed by atoms with Gasteiger partial charge in [0.1, 0.15) is 28.1 Å². The Morgan fingerprint density at radius 3 is 2.48 bits per heavy atom. The predicted octanol–water partition coefficient (Wildman–Crippen LogP) is 3.72. The first-order valence-electron chi connectivity index (χ1n) is 9.21. The monoisotopic (exact) mass is 444 g/mol. The Kier molecular flexibility index (Phi) is 5.32. The maximum absolute atomic E-state index is 14.0. The van der Waals surface area contributed by atoms with Crippen LogP contribution in [0.25, 0.3) is 5.65 Å². The number of aromatic nitrogens is 3. The quantitative estimate of drug-likeness (QED) is 0.453. The van der Waals surface area contributed by atoms with E-state index in [9.17, 15) is 17.2 Å². The molecule has 2 heterocycles. The van der Waals surface area contributed by atoms with Gasteiger partial charge < -0.3 is 4.74 Å². The van der Waals surface area contributed by atoms with Gasteiger partial charge >= 0.3 is 0 Å². The summed E-state index contributed by atoms with van der Waals surface area (Å²) >= 11 is 0. The molecule has 0 amide bonds. The van der Waals surface area contributed by atoms with Crippen molar-refractivity contribution >= 4 is 21.4 Å². The number of fused-ring (bicyclic) bond motifs is 1. The van der Waals surface area contributed by atoms with Gasteiger partial charge in [-0.15, -0.1) is 10.2 Å². The van der Waals surface area contributed by atoms with E-state index in [0.717, 1.165) is 16.4 Å². The minimum atomic E-state index is -4.21. The van der Waals surface area contributed by atoms with Gasteiger partial charge in [0.2, 0.25) is 0 Å². The number of rotatable bonds is 6. The van der Waals surface area contributed by atoms with Crippen LogP contribution < -0.4 is 9.04 Å². The summed E-state index contributed by atoms with van der Waals surface area (Å²) in [5, 5.41) is 7.87. The number of methoxy groups -OCH3 is 1. The van der Waals surface area contributed by atoms with Gasteiger partial charge in [0.25, 0.3) is 10.0 Å². The van der Waals surface area contributed by atoms with Crippen molar-refractivity contribution in [2.45, 2.75) is 18.4 Å². The van der Waals surface area contributed by atoms with Gasteiger partial charge in [0.05, 0.1) is 19.3 Å². The topological polar surface area (TPSA) is 76.8 Å². The lowest BCUT2D eigenvalue weighted by atomic mass is 10.2. The van der Waals surface area contributed by atoms with Crippen molar-refractivity contribution in [3.63, 3.8) is 0 Å². The fourth-order valence-corrected chi connectivity index (χ4v) is 4.64. The number of hydrogen-bond donors (Lipinski definition) is 0. The molecule has 2 aromatic heterocycles. The number of anilines is 1. The predicted molar refractivity (Wildman–Crippen MR) is 110 cm³/mol. The molecule has 0 saturated carbocycles. The van der Waals surface area contributed by atoms with Crippen LogP contribution in [0, 0.1) is 18.6 Å². The van der Waals surface area contributed by atoms with Crippen LogP contribution in [0.15, 0.2) is 65.7 Å². The SMILES string of the molecule is COc1cccc(CN(c2cc(F)cc(F)c2)S(=O)(=O)c2ccc3nnc(C)n3c2)c1. The summed E-state index contributed by atoms with van der Waals surface area (Å²) in [6.07, 6.45) is 1.38. The molecular weight excluding hydrogens is 426 g/mol. The maximum atomic E-state index is 14.0. The van der Waals surface area contributed by atoms with Crippen LogP contribution in [0.1, 0.15) is 11.4 Å². The van der Waals surface area contributed by atoms with Gasteiger partial charge in [-0.05, 0) is 48.9 Å². The standard InChI is InChI=1S/C21H18F2N4O3S/c1-14-24-25-21-7-6-20(13-26(14)21)31(28,29)27(18-10-16(22)9-17(23)11-18)12-15-4-3-5-19(8-15)30-2/h3-11,13H,12H2,1-2H3. The lowest BCUT2D eigenvalue weighted by molar-refractivity contribution is 0.414. The van der Waals surface area contributed by atoms with E-state index in [-0.39, 0.29) is 17.1 Å². The van der Waals surface area contributed by atoms with Gasteiger partial charge in [-0.2, -0.15) is 0 Å². The molecule has 31 heavy (non-hydrogen) atoms. The summed E-state index contributed by atoms with van der Waals surface area (Å²) in [7, 11) is -2.72. The molecule has 0 aliphatic heterocycles. The molecule has 0 unspecified atom stereocenters. The number of halogens is 2. The lowest BCUT2D eigenvalue weighted by Gasteiger charge is -2.25. The summed E-state index contributed by atoms with van der Waals surface area (Å²) in [5.74, 6) is -0.734. The Morgan fingerprint density at radius 2 is 1.77 bits per heavy atom. The van der Waals surface area contributed by atoms with Crippen LogP contribution in [0.4, 0.5) is 14.5 Å². The molecule has 7 nitrogen and oxygen atoms in total. The molecule has 0 bridgehead atoms. The fraction of sp³-hybridized carbons (Fsp3) is 0.143. The van der Waals surface area contributed by atoms with E-state index in [1.165, 1.54) is 29.8 Å². The van der Waals surface area contributed by atoms with Crippen LogP contribution in [0.3, 0.4) is 0 Å². The number of hydrogen-bond acceptors (Lipinski definition) is 5. The number of sulfonamides is 1. The Bertz CT molecular complexity index is 1350. The Labute approximate surface area is 177 Å². The molecule has 0 atom stereocenters. The second-order valence-electron chi connectivity index (χ2n) is 6.83. The van der Waals surface area contributed by atoms with Crippen LogP contribution >= 0.6 is 0 Å². The lowest BCUT2D eigenvalue weighted by Crippen LogP contribution is -2.31. The summed E-state index contributed by atoms with van der Waals surface area (Å²) in [6.45, 7) is 1.52. The third kappa shape index (κ3) is 4.06. The first-order chi connectivity index (χ1) is 14.8. The van der Waals surface area contributed by atoms with Crippen LogP contribution in [-0.4, -0.2) is 30.1 Å². The van der Waals surface area contributed by atoms with Crippen molar-refractivity contribution < 1.29 is 21.9 Å². The van der Waals surface area contributed by atoms with Crippen molar-refractivity contribution in [3.05, 3.63) is 83.8 Å². The highest BCUT2D eigenvalue weighted by Gasteiger charge is 2.27. The molecule has 0 aliphatic carbocycles. The highest BCUT2D eigenvalue weighted by atomic mass is 32.2.